The number of nitrogens with zero attached hydrogens (tertiary/aromatic N) is 1. The van der Waals surface area contributed by atoms with E-state index < -0.39 is 11.7 Å². The van der Waals surface area contributed by atoms with Gasteiger partial charge in [0.05, 0.1) is 0 Å². The van der Waals surface area contributed by atoms with Gasteiger partial charge in [0.25, 0.3) is 0 Å². The molecular weight excluding hydrogens is 268 g/mol. The Hall–Kier alpha value is -1.52. The molecule has 0 bridgehead atoms. The van der Waals surface area contributed by atoms with Crippen LogP contribution in [0.15, 0.2) is 12.7 Å². The van der Waals surface area contributed by atoms with Crippen molar-refractivity contribution in [3.63, 3.8) is 0 Å². The molecule has 21 heavy (non-hydrogen) atoms. The molecule has 1 aliphatic rings. The zero-order valence-electron chi connectivity index (χ0n) is 13.9. The SMILES string of the molecule is C=CC1CC(=O)N(CC(C)(C)CNC(=O)OC(C)(C)C)C1. The average molecular weight is 296 g/mol. The van der Waals surface area contributed by atoms with Crippen molar-refractivity contribution in [1.29, 1.82) is 0 Å². The number of rotatable bonds is 5. The lowest BCUT2D eigenvalue weighted by Crippen LogP contribution is -2.44. The van der Waals surface area contributed by atoms with E-state index in [1.807, 2.05) is 45.6 Å². The number of alkyl carbamates (subject to hydrolysis) is 1. The third-order valence-electron chi connectivity index (χ3n) is 3.31. The van der Waals surface area contributed by atoms with Gasteiger partial charge in [-0.3, -0.25) is 4.79 Å². The molecule has 1 unspecified atom stereocenters. The summed E-state index contributed by atoms with van der Waals surface area (Å²) < 4.78 is 5.21. The van der Waals surface area contributed by atoms with E-state index in [1.54, 1.807) is 0 Å². The Balaban J connectivity index is 2.45. The highest BCUT2D eigenvalue weighted by Crippen LogP contribution is 2.24. The van der Waals surface area contributed by atoms with Gasteiger partial charge in [-0.25, -0.2) is 4.79 Å². The fraction of sp³-hybridized carbons (Fsp3) is 0.750. The van der Waals surface area contributed by atoms with Gasteiger partial charge in [-0.05, 0) is 26.2 Å². The number of carbonyl (C=O) groups excluding carboxylic acids is 2. The van der Waals surface area contributed by atoms with Crippen molar-refractivity contribution in [2.24, 2.45) is 11.3 Å². The summed E-state index contributed by atoms with van der Waals surface area (Å²) >= 11 is 0. The second-order valence-electron chi connectivity index (χ2n) is 7.49. The quantitative estimate of drug-likeness (QED) is 0.793. The van der Waals surface area contributed by atoms with E-state index in [0.717, 1.165) is 6.54 Å². The van der Waals surface area contributed by atoms with Gasteiger partial charge in [-0.2, -0.15) is 0 Å². The fourth-order valence-corrected chi connectivity index (χ4v) is 2.31. The second kappa shape index (κ2) is 6.50. The van der Waals surface area contributed by atoms with E-state index in [2.05, 4.69) is 11.9 Å². The third-order valence-corrected chi connectivity index (χ3v) is 3.31. The Labute approximate surface area is 127 Å². The standard InChI is InChI=1S/C16H28N2O3/c1-7-12-8-13(19)18(9-12)11-16(5,6)10-17-14(20)21-15(2,3)4/h7,12H,1,8-11H2,2-6H3,(H,17,20). The summed E-state index contributed by atoms with van der Waals surface area (Å²) in [5.74, 6) is 0.400. The molecule has 1 saturated heterocycles. The summed E-state index contributed by atoms with van der Waals surface area (Å²) in [4.78, 5) is 25.4. The van der Waals surface area contributed by atoms with E-state index >= 15 is 0 Å². The molecule has 0 aromatic carbocycles. The number of hydrogen-bond donors (Lipinski definition) is 1. The maximum Gasteiger partial charge on any atom is 0.407 e. The van der Waals surface area contributed by atoms with Gasteiger partial charge < -0.3 is 15.0 Å². The molecule has 1 rings (SSSR count). The van der Waals surface area contributed by atoms with Crippen LogP contribution in [0.2, 0.25) is 0 Å². The van der Waals surface area contributed by atoms with Crippen molar-refractivity contribution in [2.75, 3.05) is 19.6 Å². The Morgan fingerprint density at radius 2 is 2.05 bits per heavy atom. The van der Waals surface area contributed by atoms with Crippen LogP contribution in [0.25, 0.3) is 0 Å². The number of likely N-dealkylation sites (tertiary alicyclic amines) is 1. The Kier molecular flexibility index (Phi) is 5.42. The largest absolute Gasteiger partial charge is 0.444 e. The van der Waals surface area contributed by atoms with E-state index in [1.165, 1.54) is 0 Å². The van der Waals surface area contributed by atoms with Crippen molar-refractivity contribution >= 4 is 12.0 Å². The van der Waals surface area contributed by atoms with Gasteiger partial charge in [0.1, 0.15) is 5.60 Å². The number of hydrogen-bond acceptors (Lipinski definition) is 3. The highest BCUT2D eigenvalue weighted by Gasteiger charge is 2.32. The lowest BCUT2D eigenvalue weighted by atomic mass is 9.93. The van der Waals surface area contributed by atoms with Crippen LogP contribution in [0.5, 0.6) is 0 Å². The summed E-state index contributed by atoms with van der Waals surface area (Å²) in [5, 5.41) is 2.77. The first kappa shape index (κ1) is 17.5. The maximum atomic E-state index is 11.9. The Bertz CT molecular complexity index is 410. The number of amides is 2. The van der Waals surface area contributed by atoms with Crippen molar-refractivity contribution in [3.05, 3.63) is 12.7 Å². The molecule has 5 nitrogen and oxygen atoms in total. The predicted octanol–water partition coefficient (Wildman–Crippen LogP) is 2.57. The van der Waals surface area contributed by atoms with Gasteiger partial charge in [0, 0.05) is 32.0 Å². The molecule has 0 spiro atoms. The van der Waals surface area contributed by atoms with Crippen molar-refractivity contribution in [2.45, 2.75) is 46.6 Å². The first-order chi connectivity index (χ1) is 9.52. The molecular formula is C16H28N2O3. The first-order valence-electron chi connectivity index (χ1n) is 7.39. The molecule has 5 heteroatoms. The summed E-state index contributed by atoms with van der Waals surface area (Å²) in [5.41, 5.74) is -0.709. The van der Waals surface area contributed by atoms with Crippen LogP contribution in [0.4, 0.5) is 4.79 Å². The molecule has 1 heterocycles. The van der Waals surface area contributed by atoms with Crippen LogP contribution in [-0.4, -0.2) is 42.1 Å². The van der Waals surface area contributed by atoms with Gasteiger partial charge in [-0.1, -0.05) is 19.9 Å². The second-order valence-corrected chi connectivity index (χ2v) is 7.49. The van der Waals surface area contributed by atoms with Crippen LogP contribution in [0.1, 0.15) is 41.0 Å². The first-order valence-corrected chi connectivity index (χ1v) is 7.39. The minimum absolute atomic E-state index is 0.158. The molecule has 1 atom stereocenters. The summed E-state index contributed by atoms with van der Waals surface area (Å²) in [6, 6.07) is 0. The zero-order valence-corrected chi connectivity index (χ0v) is 13.9. The highest BCUT2D eigenvalue weighted by atomic mass is 16.6. The van der Waals surface area contributed by atoms with Crippen molar-refractivity contribution in [3.8, 4) is 0 Å². The van der Waals surface area contributed by atoms with Crippen LogP contribution < -0.4 is 5.32 Å². The number of nitrogens with one attached hydrogen (secondary N) is 1. The molecule has 0 aromatic heterocycles. The van der Waals surface area contributed by atoms with Gasteiger partial charge in [0.2, 0.25) is 5.91 Å². The Morgan fingerprint density at radius 1 is 1.43 bits per heavy atom. The van der Waals surface area contributed by atoms with Crippen LogP contribution in [0.3, 0.4) is 0 Å². The fourth-order valence-electron chi connectivity index (χ4n) is 2.31. The summed E-state index contributed by atoms with van der Waals surface area (Å²) in [7, 11) is 0. The van der Waals surface area contributed by atoms with Gasteiger partial charge in [0.15, 0.2) is 0 Å². The third kappa shape index (κ3) is 6.19. The molecule has 0 aliphatic carbocycles. The summed E-state index contributed by atoms with van der Waals surface area (Å²) in [6.07, 6.45) is 1.95. The van der Waals surface area contributed by atoms with Crippen molar-refractivity contribution in [1.82, 2.24) is 10.2 Å². The highest BCUT2D eigenvalue weighted by molar-refractivity contribution is 5.79. The molecule has 0 saturated carbocycles. The molecule has 0 radical (unpaired) electrons. The predicted molar refractivity (Wildman–Crippen MR) is 82.9 cm³/mol. The van der Waals surface area contributed by atoms with Gasteiger partial charge in [-0.15, -0.1) is 6.58 Å². The topological polar surface area (TPSA) is 58.6 Å². The average Bonchev–Trinajstić information content (AvgIpc) is 2.65. The number of carbonyl (C=O) groups is 2. The molecule has 0 aromatic rings. The molecule has 1 N–H and O–H groups in total. The normalized spacial score (nSPS) is 19.6. The minimum atomic E-state index is -0.504. The van der Waals surface area contributed by atoms with E-state index in [0.29, 0.717) is 19.5 Å². The van der Waals surface area contributed by atoms with E-state index in [4.69, 9.17) is 4.74 Å². The number of ether oxygens (including phenoxy) is 1. The van der Waals surface area contributed by atoms with Crippen LogP contribution in [-0.2, 0) is 9.53 Å². The molecule has 2 amide bonds. The van der Waals surface area contributed by atoms with Crippen LogP contribution in [0, 0.1) is 11.3 Å². The lowest BCUT2D eigenvalue weighted by Gasteiger charge is -2.31. The molecule has 1 aliphatic heterocycles. The monoisotopic (exact) mass is 296 g/mol. The zero-order chi connectivity index (χ0) is 16.3. The van der Waals surface area contributed by atoms with E-state index in [-0.39, 0.29) is 17.2 Å². The smallest absolute Gasteiger partial charge is 0.407 e. The van der Waals surface area contributed by atoms with Crippen molar-refractivity contribution < 1.29 is 14.3 Å². The Morgan fingerprint density at radius 3 is 2.52 bits per heavy atom. The van der Waals surface area contributed by atoms with E-state index in [9.17, 15) is 9.59 Å². The minimum Gasteiger partial charge on any atom is -0.444 e. The van der Waals surface area contributed by atoms with Crippen LogP contribution >= 0.6 is 0 Å². The maximum absolute atomic E-state index is 11.9. The summed E-state index contributed by atoms with van der Waals surface area (Å²) in [6.45, 7) is 15.1. The molecule has 1 fully saturated rings. The lowest BCUT2D eigenvalue weighted by molar-refractivity contribution is -0.128. The van der Waals surface area contributed by atoms with Gasteiger partial charge >= 0.3 is 6.09 Å². The molecule has 120 valence electrons.